The number of pyridine rings is 1. The number of piperidine rings is 1. The molecule has 254 valence electrons. The second-order valence-corrected chi connectivity index (χ2v) is 14.8. The summed E-state index contributed by atoms with van der Waals surface area (Å²) in [4.78, 5) is 45.2. The van der Waals surface area contributed by atoms with Crippen LogP contribution >= 0.6 is 0 Å². The van der Waals surface area contributed by atoms with E-state index < -0.39 is 58.3 Å². The topological polar surface area (TPSA) is 149 Å². The van der Waals surface area contributed by atoms with Crippen molar-refractivity contribution >= 4 is 44.7 Å². The van der Waals surface area contributed by atoms with Crippen LogP contribution in [0.15, 0.2) is 59.5 Å². The number of rotatable bonds is 10. The Morgan fingerprint density at radius 3 is 2.58 bits per heavy atom. The van der Waals surface area contributed by atoms with Gasteiger partial charge in [-0.3, -0.25) is 14.4 Å². The number of allylic oxidation sites excluding steroid dienone is 1. The molecule has 2 saturated heterocycles. The summed E-state index contributed by atoms with van der Waals surface area (Å²) in [5, 5.41) is 16.4. The van der Waals surface area contributed by atoms with Gasteiger partial charge in [-0.05, 0) is 86.1 Å². The van der Waals surface area contributed by atoms with E-state index >= 15 is 0 Å². The normalized spacial score (nSPS) is 21.0. The number of likely N-dealkylation sites (tertiary alicyclic amines) is 1. The molecule has 2 aliphatic heterocycles. The Kier molecular flexibility index (Phi) is 9.90. The molecule has 6 rings (SSSR count). The van der Waals surface area contributed by atoms with Gasteiger partial charge in [0.2, 0.25) is 21.8 Å². The number of sulfonamides is 1. The summed E-state index contributed by atoms with van der Waals surface area (Å²) in [5.74, 6) is -1.59. The predicted molar refractivity (Wildman–Crippen MR) is 178 cm³/mol. The van der Waals surface area contributed by atoms with Crippen molar-refractivity contribution in [3.8, 4) is 0 Å². The lowest BCUT2D eigenvalue weighted by Gasteiger charge is -2.27. The third kappa shape index (κ3) is 7.58. The van der Waals surface area contributed by atoms with Crippen LogP contribution < -0.4 is 10.6 Å². The van der Waals surface area contributed by atoms with E-state index in [2.05, 4.69) is 21.7 Å². The predicted octanol–water partition coefficient (Wildman–Crippen LogP) is 3.54. The van der Waals surface area contributed by atoms with E-state index in [0.717, 1.165) is 37.7 Å². The second kappa shape index (κ2) is 14.1. The molecule has 0 radical (unpaired) electrons. The third-order valence-corrected chi connectivity index (χ3v) is 11.1. The molecule has 3 fully saturated rings. The number of β-amino-alcohol motifs (C(OH)–C–C–N with tert-alkyl or cyclic N) is 1. The van der Waals surface area contributed by atoms with Gasteiger partial charge in [-0.1, -0.05) is 30.7 Å². The number of aliphatic hydroxyl groups excluding tert-OH is 1. The van der Waals surface area contributed by atoms with Crippen molar-refractivity contribution in [1.29, 1.82) is 0 Å². The summed E-state index contributed by atoms with van der Waals surface area (Å²) in [6.07, 6.45) is 7.95. The second-order valence-electron chi connectivity index (χ2n) is 12.8. The number of nitrogens with one attached hydrogen (secondary N) is 2. The summed E-state index contributed by atoms with van der Waals surface area (Å²) in [5.41, 5.74) is 1.90. The highest BCUT2D eigenvalue weighted by Crippen LogP contribution is 2.33. The van der Waals surface area contributed by atoms with Crippen LogP contribution in [0.3, 0.4) is 0 Å². The number of carbonyl (C=O) groups excluding carboxylic acids is 3. The Morgan fingerprint density at radius 2 is 1.83 bits per heavy atom. The molecule has 3 aromatic rings. The first kappa shape index (κ1) is 33.7. The number of aromatic nitrogens is 1. The minimum absolute atomic E-state index is 0.0302. The first-order chi connectivity index (χ1) is 23.0. The molecule has 1 aromatic heterocycles. The average Bonchev–Trinajstić information content (AvgIpc) is 3.84. The maximum atomic E-state index is 13.6. The maximum Gasteiger partial charge on any atom is 0.270 e. The summed E-state index contributed by atoms with van der Waals surface area (Å²) in [6.45, 7) is 2.30. The quantitative estimate of drug-likeness (QED) is 0.297. The molecule has 11 nitrogen and oxygen atoms in total. The zero-order valence-corrected chi connectivity index (χ0v) is 27.6. The zero-order valence-electron chi connectivity index (χ0n) is 26.8. The van der Waals surface area contributed by atoms with Crippen molar-refractivity contribution in [2.45, 2.75) is 68.5 Å². The van der Waals surface area contributed by atoms with Crippen LogP contribution in [-0.4, -0.2) is 83.8 Å². The maximum absolute atomic E-state index is 13.6. The third-order valence-electron chi connectivity index (χ3n) is 9.19. The fourth-order valence-electron chi connectivity index (χ4n) is 6.33. The van der Waals surface area contributed by atoms with E-state index in [1.165, 1.54) is 33.5 Å². The molecule has 13 heteroatoms. The first-order valence-electron chi connectivity index (χ1n) is 16.4. The highest BCUT2D eigenvalue weighted by molar-refractivity contribution is 7.89. The van der Waals surface area contributed by atoms with Crippen LogP contribution in [0.5, 0.6) is 0 Å². The molecule has 0 unspecified atom stereocenters. The molecule has 3 aliphatic rings. The van der Waals surface area contributed by atoms with Crippen molar-refractivity contribution < 1.29 is 32.3 Å². The van der Waals surface area contributed by atoms with Gasteiger partial charge in [0.15, 0.2) is 0 Å². The van der Waals surface area contributed by atoms with E-state index in [-0.39, 0.29) is 23.6 Å². The van der Waals surface area contributed by atoms with E-state index in [1.54, 1.807) is 31.2 Å². The van der Waals surface area contributed by atoms with Crippen molar-refractivity contribution in [3.63, 3.8) is 0 Å². The number of nitrogens with zero attached hydrogens (tertiary/aromatic N) is 3. The van der Waals surface area contributed by atoms with Crippen molar-refractivity contribution in [2.24, 2.45) is 5.92 Å². The van der Waals surface area contributed by atoms with Gasteiger partial charge >= 0.3 is 0 Å². The molecule has 3 N–H and O–H groups in total. The van der Waals surface area contributed by atoms with E-state index in [1.807, 2.05) is 6.08 Å². The fourth-order valence-corrected chi connectivity index (χ4v) is 7.88. The number of carbonyl (C=O) groups is 3. The van der Waals surface area contributed by atoms with Crippen LogP contribution in [0.2, 0.25) is 0 Å². The summed E-state index contributed by atoms with van der Waals surface area (Å²) in [6, 6.07) is 10.5. The lowest BCUT2D eigenvalue weighted by atomic mass is 10.00. The first-order valence-corrected chi connectivity index (χ1v) is 17.9. The average molecular weight is 678 g/mol. The highest BCUT2D eigenvalue weighted by Gasteiger charge is 2.39. The zero-order chi connectivity index (χ0) is 34.0. The SMILES string of the molecule is C[C@H](NC(=O)[C@@H]1C[C@@H](O)CN1C(=O)CNC(=O)c1ccc2cc(F)ccc2n1)c1ccc(S(=O)(=O)N2CCCCC2)cc1/C=C/C1CC1. The smallest absolute Gasteiger partial charge is 0.270 e. The van der Waals surface area contributed by atoms with Crippen LogP contribution in [0, 0.1) is 11.7 Å². The highest BCUT2D eigenvalue weighted by atomic mass is 32.2. The lowest BCUT2D eigenvalue weighted by molar-refractivity contribution is -0.138. The van der Waals surface area contributed by atoms with Crippen LogP contribution in [0.25, 0.3) is 17.0 Å². The van der Waals surface area contributed by atoms with Gasteiger partial charge < -0.3 is 20.6 Å². The Balaban J connectivity index is 1.13. The van der Waals surface area contributed by atoms with Crippen molar-refractivity contribution in [2.75, 3.05) is 26.2 Å². The molecule has 2 aromatic carbocycles. The van der Waals surface area contributed by atoms with Crippen LogP contribution in [-0.2, 0) is 19.6 Å². The monoisotopic (exact) mass is 677 g/mol. The Bertz CT molecular complexity index is 1860. The minimum Gasteiger partial charge on any atom is -0.391 e. The number of amides is 3. The summed E-state index contributed by atoms with van der Waals surface area (Å²) >= 11 is 0. The number of hydrogen-bond donors (Lipinski definition) is 3. The Hall–Kier alpha value is -4.20. The van der Waals surface area contributed by atoms with Crippen molar-refractivity contribution in [3.05, 3.63) is 77.2 Å². The molecule has 3 amide bonds. The molecular weight excluding hydrogens is 637 g/mol. The Labute approximate surface area is 279 Å². The van der Waals surface area contributed by atoms with Gasteiger partial charge in [-0.25, -0.2) is 17.8 Å². The van der Waals surface area contributed by atoms with E-state index in [0.29, 0.717) is 35.5 Å². The van der Waals surface area contributed by atoms with Gasteiger partial charge in [-0.15, -0.1) is 0 Å². The fraction of sp³-hybridized carbons (Fsp3) is 0.429. The number of fused-ring (bicyclic) bond motifs is 1. The number of halogens is 1. The Morgan fingerprint density at radius 1 is 1.06 bits per heavy atom. The molecule has 48 heavy (non-hydrogen) atoms. The van der Waals surface area contributed by atoms with Crippen LogP contribution in [0.1, 0.15) is 73.1 Å². The number of hydrogen-bond acceptors (Lipinski definition) is 7. The van der Waals surface area contributed by atoms with Crippen LogP contribution in [0.4, 0.5) is 4.39 Å². The molecule has 0 bridgehead atoms. The molecule has 0 spiro atoms. The molecule has 1 saturated carbocycles. The van der Waals surface area contributed by atoms with Gasteiger partial charge in [0.1, 0.15) is 17.6 Å². The van der Waals surface area contributed by atoms with E-state index in [4.69, 9.17) is 0 Å². The minimum atomic E-state index is -3.66. The largest absolute Gasteiger partial charge is 0.391 e. The molecule has 3 heterocycles. The van der Waals surface area contributed by atoms with Gasteiger partial charge in [-0.2, -0.15) is 4.31 Å². The summed E-state index contributed by atoms with van der Waals surface area (Å²) < 4.78 is 41.9. The van der Waals surface area contributed by atoms with Gasteiger partial charge in [0.05, 0.1) is 29.1 Å². The number of benzene rings is 2. The molecule has 1 aliphatic carbocycles. The summed E-state index contributed by atoms with van der Waals surface area (Å²) in [7, 11) is -3.66. The lowest BCUT2D eigenvalue weighted by Crippen LogP contribution is -2.49. The molecule has 3 atom stereocenters. The standard InChI is InChI=1S/C35H40FN5O6S/c1-22(29-12-11-28(18-24(29)8-7-23-5-6-23)48(46,47)40-15-3-2-4-16-40)38-35(45)32-19-27(42)21-41(32)33(43)20-37-34(44)31-13-9-25-17-26(36)10-14-30(25)39-31/h7-14,17-18,22-23,27,32,42H,2-6,15-16,19-21H2,1H3,(H,37,44)(H,38,45)/b8-7+/t22-,27+,32-/m0/s1. The van der Waals surface area contributed by atoms with Gasteiger partial charge in [0.25, 0.3) is 5.91 Å². The number of aliphatic hydroxyl groups is 1. The molecular formula is C35H40FN5O6S. The van der Waals surface area contributed by atoms with Crippen molar-refractivity contribution in [1.82, 2.24) is 24.8 Å². The van der Waals surface area contributed by atoms with E-state index in [9.17, 15) is 32.3 Å². The van der Waals surface area contributed by atoms with Gasteiger partial charge in [0, 0.05) is 31.4 Å².